The van der Waals surface area contributed by atoms with Gasteiger partial charge in [-0.3, -0.25) is 0 Å². The SMILES string of the molecule is c1ccc(-c2ccc3c(c2)c2cc(-c4ccccc4)ccc2n3-c2c(-c3cccc(-c4ccc(N5c6ccccc6B6c7ccccc7N(c7ccccc7)c7cccc5c76)cc4)c3)cccc2-c2nc(-c3ccccc3)nc(-c3ccccc3)n2)cc1. The molecule has 0 unspecified atom stereocenters. The van der Waals surface area contributed by atoms with Crippen molar-refractivity contribution < 1.29 is 0 Å². The Morgan fingerprint density at radius 1 is 0.250 bits per heavy atom. The molecular weight excluding hydrogens is 1070 g/mol. The zero-order chi connectivity index (χ0) is 58.1. The van der Waals surface area contributed by atoms with Crippen LogP contribution < -0.4 is 26.2 Å². The molecule has 6 nitrogen and oxygen atoms in total. The Morgan fingerprint density at radius 2 is 0.625 bits per heavy atom. The molecule has 7 heteroatoms. The zero-order valence-electron chi connectivity index (χ0n) is 47.9. The van der Waals surface area contributed by atoms with Gasteiger partial charge >= 0.3 is 0 Å². The molecule has 0 aliphatic carbocycles. The van der Waals surface area contributed by atoms with Gasteiger partial charge < -0.3 is 14.4 Å². The van der Waals surface area contributed by atoms with Gasteiger partial charge in [0.25, 0.3) is 6.71 Å². The third-order valence-electron chi connectivity index (χ3n) is 17.6. The largest absolute Gasteiger partial charge is 0.311 e. The van der Waals surface area contributed by atoms with Gasteiger partial charge in [0.2, 0.25) is 0 Å². The first kappa shape index (κ1) is 50.8. The Bertz CT molecular complexity index is 4990. The molecule has 0 N–H and O–H groups in total. The fraction of sp³-hybridized carbons (Fsp3) is 0. The summed E-state index contributed by atoms with van der Waals surface area (Å²) >= 11 is 0. The Labute approximate surface area is 511 Å². The summed E-state index contributed by atoms with van der Waals surface area (Å²) in [4.78, 5) is 20.9. The molecule has 0 amide bonds. The highest BCUT2D eigenvalue weighted by Gasteiger charge is 2.43. The second kappa shape index (κ2) is 21.1. The van der Waals surface area contributed by atoms with Gasteiger partial charge in [0.05, 0.1) is 16.7 Å². The van der Waals surface area contributed by atoms with Crippen LogP contribution in [-0.2, 0) is 0 Å². The molecule has 2 aliphatic rings. The van der Waals surface area contributed by atoms with Crippen LogP contribution >= 0.6 is 0 Å². The fourth-order valence-corrected chi connectivity index (χ4v) is 13.6. The maximum absolute atomic E-state index is 5.42. The Hall–Kier alpha value is -11.7. The molecule has 0 atom stereocenters. The maximum atomic E-state index is 5.42. The van der Waals surface area contributed by atoms with E-state index in [9.17, 15) is 0 Å². The molecule has 13 aromatic carbocycles. The van der Waals surface area contributed by atoms with E-state index in [-0.39, 0.29) is 6.71 Å². The monoisotopic (exact) mass is 1120 g/mol. The molecule has 4 heterocycles. The Balaban J connectivity index is 0.843. The van der Waals surface area contributed by atoms with Crippen LogP contribution in [-0.4, -0.2) is 26.2 Å². The molecule has 2 aliphatic heterocycles. The van der Waals surface area contributed by atoms with E-state index in [1.807, 2.05) is 36.4 Å². The number of benzene rings is 13. The minimum absolute atomic E-state index is 0.0724. The standard InChI is InChI=1S/C81H53BN6/c1-6-23-54(24-7-1)60-45-49-71-67(52-60)68-53-61(55-25-8-2-9-26-55)46-50-72(68)88(71)78-65(35-21-36-66(78)81-84-79(57-27-10-3-11-28-57)83-80(85-81)58-29-12-4-13-30-58)62-32-20-31-59(51-62)56-43-47-64(48-44-56)87-74-40-19-17-38-70(74)82-69-37-16-18-39-73(69)86(63-33-14-5-15-34-63)75-41-22-42-76(87)77(75)82/h1-53H. The lowest BCUT2D eigenvalue weighted by molar-refractivity contribution is 1.06. The smallest absolute Gasteiger partial charge is 0.252 e. The predicted molar refractivity (Wildman–Crippen MR) is 366 cm³/mol. The first-order valence-corrected chi connectivity index (χ1v) is 30.0. The van der Waals surface area contributed by atoms with Crippen LogP contribution in [0.15, 0.2) is 322 Å². The highest BCUT2D eigenvalue weighted by molar-refractivity contribution is 7.00. The van der Waals surface area contributed by atoms with Gasteiger partial charge in [-0.1, -0.05) is 237 Å². The highest BCUT2D eigenvalue weighted by Crippen LogP contribution is 2.47. The molecule has 0 saturated carbocycles. The molecule has 0 spiro atoms. The molecule has 410 valence electrons. The van der Waals surface area contributed by atoms with E-state index in [0.717, 1.165) is 100 Å². The summed E-state index contributed by atoms with van der Waals surface area (Å²) in [6.45, 7) is 0.0724. The van der Waals surface area contributed by atoms with E-state index < -0.39 is 0 Å². The number of rotatable bonds is 10. The van der Waals surface area contributed by atoms with Crippen LogP contribution in [0.5, 0.6) is 0 Å². The molecule has 0 radical (unpaired) electrons. The van der Waals surface area contributed by atoms with E-state index >= 15 is 0 Å². The third kappa shape index (κ3) is 8.54. The number of hydrogen-bond acceptors (Lipinski definition) is 5. The quantitative estimate of drug-likeness (QED) is 0.128. The Kier molecular flexibility index (Phi) is 12.2. The summed E-state index contributed by atoms with van der Waals surface area (Å²) < 4.78 is 2.45. The van der Waals surface area contributed by atoms with Crippen LogP contribution in [0, 0.1) is 0 Å². The van der Waals surface area contributed by atoms with Crippen molar-refractivity contribution in [2.45, 2.75) is 0 Å². The van der Waals surface area contributed by atoms with E-state index in [1.54, 1.807) is 0 Å². The average Bonchev–Trinajstić information content (AvgIpc) is 0.861. The fourth-order valence-electron chi connectivity index (χ4n) is 13.6. The van der Waals surface area contributed by atoms with E-state index in [4.69, 9.17) is 15.0 Å². The minimum Gasteiger partial charge on any atom is -0.311 e. The van der Waals surface area contributed by atoms with Gasteiger partial charge in [-0.15, -0.1) is 0 Å². The summed E-state index contributed by atoms with van der Waals surface area (Å²) in [6.07, 6.45) is 0. The van der Waals surface area contributed by atoms with Gasteiger partial charge in [0.15, 0.2) is 17.5 Å². The second-order valence-electron chi connectivity index (χ2n) is 22.7. The van der Waals surface area contributed by atoms with Gasteiger partial charge in [-0.2, -0.15) is 0 Å². The van der Waals surface area contributed by atoms with Gasteiger partial charge in [-0.05, 0) is 140 Å². The predicted octanol–water partition coefficient (Wildman–Crippen LogP) is 18.7. The van der Waals surface area contributed by atoms with Crippen molar-refractivity contribution in [3.05, 3.63) is 322 Å². The summed E-state index contributed by atoms with van der Waals surface area (Å²) in [5, 5.41) is 2.30. The van der Waals surface area contributed by atoms with Crippen molar-refractivity contribution in [2.75, 3.05) is 9.80 Å². The average molecular weight is 1120 g/mol. The number of aromatic nitrogens is 4. The van der Waals surface area contributed by atoms with Crippen molar-refractivity contribution >= 4 is 79.0 Å². The topological polar surface area (TPSA) is 50.1 Å². The zero-order valence-corrected chi connectivity index (χ0v) is 47.9. The lowest BCUT2D eigenvalue weighted by Gasteiger charge is -2.44. The molecule has 0 bridgehead atoms. The highest BCUT2D eigenvalue weighted by atomic mass is 15.2. The van der Waals surface area contributed by atoms with Gasteiger partial charge in [0.1, 0.15) is 0 Å². The van der Waals surface area contributed by atoms with Crippen LogP contribution in [0.3, 0.4) is 0 Å². The lowest BCUT2D eigenvalue weighted by atomic mass is 9.33. The lowest BCUT2D eigenvalue weighted by Crippen LogP contribution is -2.61. The summed E-state index contributed by atoms with van der Waals surface area (Å²) in [7, 11) is 0. The minimum atomic E-state index is 0.0724. The first-order chi connectivity index (χ1) is 43.7. The molecule has 0 fully saturated rings. The summed E-state index contributed by atoms with van der Waals surface area (Å²) in [5.74, 6) is 1.79. The Morgan fingerprint density at radius 3 is 1.17 bits per heavy atom. The summed E-state index contributed by atoms with van der Waals surface area (Å²) in [5.41, 5.74) is 25.7. The van der Waals surface area contributed by atoms with Crippen molar-refractivity contribution in [1.82, 2.24) is 19.5 Å². The molecule has 0 saturated heterocycles. The van der Waals surface area contributed by atoms with Crippen LogP contribution in [0.4, 0.5) is 34.1 Å². The second-order valence-corrected chi connectivity index (χ2v) is 22.7. The molecule has 17 rings (SSSR count). The number of fused-ring (bicyclic) bond motifs is 7. The van der Waals surface area contributed by atoms with Crippen molar-refractivity contribution in [1.29, 1.82) is 0 Å². The summed E-state index contributed by atoms with van der Waals surface area (Å²) in [6, 6.07) is 116. The first-order valence-electron chi connectivity index (χ1n) is 30.0. The maximum Gasteiger partial charge on any atom is 0.252 e. The number of para-hydroxylation sites is 4. The van der Waals surface area contributed by atoms with Gasteiger partial charge in [-0.25, -0.2) is 15.0 Å². The number of hydrogen-bond donors (Lipinski definition) is 0. The number of anilines is 6. The van der Waals surface area contributed by atoms with Crippen LogP contribution in [0.1, 0.15) is 0 Å². The molecule has 15 aromatic rings. The van der Waals surface area contributed by atoms with E-state index in [1.165, 1.54) is 39.1 Å². The van der Waals surface area contributed by atoms with Gasteiger partial charge in [0, 0.05) is 67.2 Å². The third-order valence-corrected chi connectivity index (χ3v) is 17.6. The normalized spacial score (nSPS) is 12.2. The van der Waals surface area contributed by atoms with E-state index in [2.05, 4.69) is 299 Å². The van der Waals surface area contributed by atoms with E-state index in [0.29, 0.717) is 17.5 Å². The van der Waals surface area contributed by atoms with Crippen molar-refractivity contribution in [2.24, 2.45) is 0 Å². The molecule has 2 aromatic heterocycles. The van der Waals surface area contributed by atoms with Crippen molar-refractivity contribution in [3.63, 3.8) is 0 Å². The molecule has 88 heavy (non-hydrogen) atoms. The van der Waals surface area contributed by atoms with Crippen molar-refractivity contribution in [3.8, 4) is 84.4 Å². The molecular formula is C81H53BN6. The number of nitrogens with zero attached hydrogens (tertiary/aromatic N) is 6. The van der Waals surface area contributed by atoms with Crippen LogP contribution in [0.2, 0.25) is 0 Å². The van der Waals surface area contributed by atoms with Crippen LogP contribution in [0.25, 0.3) is 106 Å².